The molecule has 0 amide bonds. The molecule has 90 valence electrons. The minimum Gasteiger partial charge on any atom is -0.313 e. The van der Waals surface area contributed by atoms with E-state index in [0.29, 0.717) is 6.04 Å². The normalized spacial score (nSPS) is 12.7. The fraction of sp³-hybridized carbons (Fsp3) is 0.333. The predicted molar refractivity (Wildman–Crippen MR) is 76.7 cm³/mol. The molecular formula is C15H19NS. The maximum absolute atomic E-state index is 3.28. The third-order valence-corrected chi connectivity index (χ3v) is 4.44. The fourth-order valence-corrected chi connectivity index (χ4v) is 3.12. The van der Waals surface area contributed by atoms with E-state index in [-0.39, 0.29) is 0 Å². The van der Waals surface area contributed by atoms with Crippen molar-refractivity contribution in [3.05, 3.63) is 46.3 Å². The van der Waals surface area contributed by atoms with Gasteiger partial charge in [-0.05, 0) is 51.1 Å². The lowest BCUT2D eigenvalue weighted by Crippen LogP contribution is -2.10. The summed E-state index contributed by atoms with van der Waals surface area (Å²) in [6.07, 6.45) is 0. The Balaban J connectivity index is 2.37. The Labute approximate surface area is 108 Å². The Kier molecular flexibility index (Phi) is 3.65. The largest absolute Gasteiger partial charge is 0.313 e. The summed E-state index contributed by atoms with van der Waals surface area (Å²) < 4.78 is 0. The van der Waals surface area contributed by atoms with E-state index >= 15 is 0 Å². The zero-order chi connectivity index (χ0) is 12.4. The molecule has 1 N–H and O–H groups in total. The van der Waals surface area contributed by atoms with Gasteiger partial charge >= 0.3 is 0 Å². The first kappa shape index (κ1) is 12.3. The molecule has 0 aliphatic carbocycles. The van der Waals surface area contributed by atoms with E-state index in [1.165, 1.54) is 26.4 Å². The lowest BCUT2D eigenvalue weighted by Gasteiger charge is -2.07. The number of benzene rings is 1. The second-order valence-corrected chi connectivity index (χ2v) is 5.65. The van der Waals surface area contributed by atoms with Crippen LogP contribution in [-0.4, -0.2) is 7.05 Å². The van der Waals surface area contributed by atoms with Gasteiger partial charge in [-0.15, -0.1) is 11.3 Å². The Morgan fingerprint density at radius 2 is 1.88 bits per heavy atom. The second kappa shape index (κ2) is 5.03. The molecule has 1 aromatic carbocycles. The SMILES string of the molecule is CNC(C)c1ccc(-c2ccc(C)cc2C)s1. The molecule has 1 unspecified atom stereocenters. The van der Waals surface area contributed by atoms with Crippen LogP contribution in [0.2, 0.25) is 0 Å². The van der Waals surface area contributed by atoms with Crippen LogP contribution < -0.4 is 5.32 Å². The van der Waals surface area contributed by atoms with E-state index in [2.05, 4.69) is 56.4 Å². The standard InChI is InChI=1S/C15H19NS/c1-10-5-6-13(11(2)9-10)15-8-7-14(17-15)12(3)16-4/h5-9,12,16H,1-4H3. The van der Waals surface area contributed by atoms with Crippen LogP contribution in [0.4, 0.5) is 0 Å². The Morgan fingerprint density at radius 3 is 2.53 bits per heavy atom. The van der Waals surface area contributed by atoms with Gasteiger partial charge in [0.25, 0.3) is 0 Å². The van der Waals surface area contributed by atoms with Gasteiger partial charge in [0, 0.05) is 15.8 Å². The molecule has 1 aromatic heterocycles. The molecular weight excluding hydrogens is 226 g/mol. The van der Waals surface area contributed by atoms with Crippen molar-refractivity contribution in [2.24, 2.45) is 0 Å². The van der Waals surface area contributed by atoms with Crippen LogP contribution in [0.1, 0.15) is 29.0 Å². The van der Waals surface area contributed by atoms with Crippen LogP contribution in [0.3, 0.4) is 0 Å². The molecule has 17 heavy (non-hydrogen) atoms. The average Bonchev–Trinajstić information content (AvgIpc) is 2.77. The van der Waals surface area contributed by atoms with Crippen molar-refractivity contribution in [2.45, 2.75) is 26.8 Å². The van der Waals surface area contributed by atoms with Crippen LogP contribution in [0.25, 0.3) is 10.4 Å². The molecule has 0 fully saturated rings. The molecule has 0 aliphatic rings. The summed E-state index contributed by atoms with van der Waals surface area (Å²) in [7, 11) is 2.00. The number of rotatable bonds is 3. The zero-order valence-corrected chi connectivity index (χ0v) is 11.7. The van der Waals surface area contributed by atoms with Gasteiger partial charge in [-0.3, -0.25) is 0 Å². The Bertz CT molecular complexity index is 513. The summed E-state index contributed by atoms with van der Waals surface area (Å²) >= 11 is 1.88. The first-order chi connectivity index (χ1) is 8.11. The van der Waals surface area contributed by atoms with Gasteiger partial charge in [0.05, 0.1) is 0 Å². The van der Waals surface area contributed by atoms with Crippen molar-refractivity contribution in [2.75, 3.05) is 7.05 Å². The highest BCUT2D eigenvalue weighted by Gasteiger charge is 2.09. The minimum atomic E-state index is 0.430. The molecule has 0 spiro atoms. The van der Waals surface area contributed by atoms with Crippen LogP contribution in [-0.2, 0) is 0 Å². The summed E-state index contributed by atoms with van der Waals surface area (Å²) in [5.41, 5.74) is 4.04. The van der Waals surface area contributed by atoms with E-state index in [4.69, 9.17) is 0 Å². The molecule has 2 rings (SSSR count). The van der Waals surface area contributed by atoms with Crippen LogP contribution in [0, 0.1) is 13.8 Å². The van der Waals surface area contributed by atoms with Crippen molar-refractivity contribution < 1.29 is 0 Å². The first-order valence-electron chi connectivity index (χ1n) is 5.96. The van der Waals surface area contributed by atoms with Gasteiger partial charge in [-0.25, -0.2) is 0 Å². The molecule has 2 heteroatoms. The topological polar surface area (TPSA) is 12.0 Å². The van der Waals surface area contributed by atoms with E-state index in [1.807, 2.05) is 18.4 Å². The summed E-state index contributed by atoms with van der Waals surface area (Å²) in [4.78, 5) is 2.75. The van der Waals surface area contributed by atoms with Crippen LogP contribution in [0.5, 0.6) is 0 Å². The third-order valence-electron chi connectivity index (χ3n) is 3.13. The highest BCUT2D eigenvalue weighted by Crippen LogP contribution is 2.33. The molecule has 0 aliphatic heterocycles. The average molecular weight is 245 g/mol. The number of hydrogen-bond acceptors (Lipinski definition) is 2. The molecule has 1 heterocycles. The number of aryl methyl sites for hydroxylation is 2. The second-order valence-electron chi connectivity index (χ2n) is 4.53. The maximum atomic E-state index is 3.28. The Hall–Kier alpha value is -1.12. The van der Waals surface area contributed by atoms with Gasteiger partial charge in [-0.2, -0.15) is 0 Å². The summed E-state index contributed by atoms with van der Waals surface area (Å²) in [6.45, 7) is 6.51. The number of hydrogen-bond donors (Lipinski definition) is 1. The highest BCUT2D eigenvalue weighted by atomic mass is 32.1. The summed E-state index contributed by atoms with van der Waals surface area (Å²) in [6, 6.07) is 11.5. The minimum absolute atomic E-state index is 0.430. The lowest BCUT2D eigenvalue weighted by atomic mass is 10.0. The predicted octanol–water partition coefficient (Wildman–Crippen LogP) is 4.31. The maximum Gasteiger partial charge on any atom is 0.0383 e. The van der Waals surface area contributed by atoms with Gasteiger partial charge in [0.1, 0.15) is 0 Å². The van der Waals surface area contributed by atoms with Gasteiger partial charge in [-0.1, -0.05) is 23.8 Å². The van der Waals surface area contributed by atoms with Gasteiger partial charge in [0.15, 0.2) is 0 Å². The summed E-state index contributed by atoms with van der Waals surface area (Å²) in [5, 5.41) is 3.28. The molecule has 1 nitrogen and oxygen atoms in total. The van der Waals surface area contributed by atoms with Crippen molar-refractivity contribution in [1.82, 2.24) is 5.32 Å². The smallest absolute Gasteiger partial charge is 0.0383 e. The first-order valence-corrected chi connectivity index (χ1v) is 6.78. The van der Waals surface area contributed by atoms with Crippen molar-refractivity contribution >= 4 is 11.3 Å². The van der Waals surface area contributed by atoms with Crippen molar-refractivity contribution in [3.8, 4) is 10.4 Å². The van der Waals surface area contributed by atoms with Crippen LogP contribution in [0.15, 0.2) is 30.3 Å². The van der Waals surface area contributed by atoms with Gasteiger partial charge in [0.2, 0.25) is 0 Å². The van der Waals surface area contributed by atoms with E-state index in [0.717, 1.165) is 0 Å². The number of thiophene rings is 1. The van der Waals surface area contributed by atoms with Gasteiger partial charge < -0.3 is 5.32 Å². The Morgan fingerprint density at radius 1 is 1.12 bits per heavy atom. The number of nitrogens with one attached hydrogen (secondary N) is 1. The fourth-order valence-electron chi connectivity index (χ4n) is 1.96. The van der Waals surface area contributed by atoms with E-state index < -0.39 is 0 Å². The summed E-state index contributed by atoms with van der Waals surface area (Å²) in [5.74, 6) is 0. The van der Waals surface area contributed by atoms with E-state index in [9.17, 15) is 0 Å². The van der Waals surface area contributed by atoms with Crippen LogP contribution >= 0.6 is 11.3 Å². The lowest BCUT2D eigenvalue weighted by molar-refractivity contribution is 0.664. The molecule has 0 radical (unpaired) electrons. The van der Waals surface area contributed by atoms with E-state index in [1.54, 1.807) is 0 Å². The van der Waals surface area contributed by atoms with Crippen molar-refractivity contribution in [1.29, 1.82) is 0 Å². The zero-order valence-electron chi connectivity index (χ0n) is 10.9. The molecule has 0 saturated heterocycles. The monoisotopic (exact) mass is 245 g/mol. The quantitative estimate of drug-likeness (QED) is 0.849. The molecule has 0 bridgehead atoms. The van der Waals surface area contributed by atoms with Crippen molar-refractivity contribution in [3.63, 3.8) is 0 Å². The molecule has 2 aromatic rings. The molecule has 1 atom stereocenters. The molecule has 0 saturated carbocycles. The third kappa shape index (κ3) is 2.59. The highest BCUT2D eigenvalue weighted by molar-refractivity contribution is 7.15.